The molecular formula is C20H23ClNO4+. The first kappa shape index (κ1) is 18.4. The second-order valence-electron chi connectivity index (χ2n) is 6.46. The number of nitrogens with zero attached hydrogens (tertiary/aromatic N) is 1. The number of benzene rings is 1. The number of aliphatic hydroxyl groups excluding tert-OH is 1. The first-order valence-electron chi connectivity index (χ1n) is 8.41. The topological polar surface area (TPSA) is 51.8 Å². The SMILES string of the molecule is COC1=CC2c3cc4ccc(OC)c(OC)c4c[n+]3CCC2C=C1O.Cl. The zero-order chi connectivity index (χ0) is 17.6. The highest BCUT2D eigenvalue weighted by molar-refractivity contribution is 5.89. The molecular weight excluding hydrogens is 354 g/mol. The summed E-state index contributed by atoms with van der Waals surface area (Å²) in [7, 11) is 4.90. The molecule has 0 spiro atoms. The number of methoxy groups -OCH3 is 3. The quantitative estimate of drug-likeness (QED) is 0.831. The Morgan fingerprint density at radius 3 is 2.58 bits per heavy atom. The lowest BCUT2D eigenvalue weighted by Crippen LogP contribution is -2.45. The van der Waals surface area contributed by atoms with Gasteiger partial charge in [0, 0.05) is 18.4 Å². The first-order valence-corrected chi connectivity index (χ1v) is 8.41. The van der Waals surface area contributed by atoms with Crippen LogP contribution in [-0.4, -0.2) is 26.4 Å². The second-order valence-corrected chi connectivity index (χ2v) is 6.46. The number of ether oxygens (including phenoxy) is 3. The van der Waals surface area contributed by atoms with Crippen molar-refractivity contribution in [3.63, 3.8) is 0 Å². The third-order valence-electron chi connectivity index (χ3n) is 5.22. The molecule has 6 heteroatoms. The predicted molar refractivity (Wildman–Crippen MR) is 101 cm³/mol. The molecule has 1 aromatic heterocycles. The number of hydrogen-bond acceptors (Lipinski definition) is 4. The smallest absolute Gasteiger partial charge is 0.189 e. The molecule has 0 radical (unpaired) electrons. The normalized spacial score (nSPS) is 20.9. The maximum Gasteiger partial charge on any atom is 0.189 e. The predicted octanol–water partition coefficient (Wildman–Crippen LogP) is 3.66. The van der Waals surface area contributed by atoms with E-state index in [0.29, 0.717) is 5.76 Å². The Hall–Kier alpha value is -2.40. The lowest BCUT2D eigenvalue weighted by molar-refractivity contribution is -0.710. The summed E-state index contributed by atoms with van der Waals surface area (Å²) in [5.41, 5.74) is 1.22. The average Bonchev–Trinajstić information content (AvgIpc) is 2.64. The number of allylic oxidation sites excluding steroid dienone is 2. The van der Waals surface area contributed by atoms with Crippen molar-refractivity contribution >= 4 is 23.2 Å². The first-order chi connectivity index (χ1) is 12.2. The Morgan fingerprint density at radius 1 is 1.08 bits per heavy atom. The number of halogens is 1. The fourth-order valence-electron chi connectivity index (χ4n) is 3.97. The Balaban J connectivity index is 0.00000196. The molecule has 138 valence electrons. The molecule has 1 aliphatic carbocycles. The summed E-state index contributed by atoms with van der Waals surface area (Å²) >= 11 is 0. The van der Waals surface area contributed by atoms with Crippen molar-refractivity contribution in [2.24, 2.45) is 5.92 Å². The van der Waals surface area contributed by atoms with E-state index < -0.39 is 0 Å². The fourth-order valence-corrected chi connectivity index (χ4v) is 3.97. The van der Waals surface area contributed by atoms with Crippen molar-refractivity contribution in [1.29, 1.82) is 0 Å². The van der Waals surface area contributed by atoms with Gasteiger partial charge in [-0.25, -0.2) is 4.57 Å². The molecule has 2 heterocycles. The van der Waals surface area contributed by atoms with Crippen molar-refractivity contribution in [3.05, 3.63) is 53.8 Å². The van der Waals surface area contributed by atoms with Gasteiger partial charge in [-0.15, -0.1) is 12.4 Å². The van der Waals surface area contributed by atoms with Crippen LogP contribution in [0.5, 0.6) is 11.5 Å². The summed E-state index contributed by atoms with van der Waals surface area (Å²) in [6, 6.07) is 6.19. The molecule has 4 rings (SSSR count). The lowest BCUT2D eigenvalue weighted by Gasteiger charge is -2.29. The van der Waals surface area contributed by atoms with Gasteiger partial charge in [-0.3, -0.25) is 0 Å². The molecule has 0 bridgehead atoms. The van der Waals surface area contributed by atoms with Gasteiger partial charge in [0.1, 0.15) is 6.54 Å². The van der Waals surface area contributed by atoms with Crippen LogP contribution in [0, 0.1) is 5.92 Å². The zero-order valence-electron chi connectivity index (χ0n) is 15.1. The minimum Gasteiger partial charge on any atom is -0.504 e. The molecule has 2 unspecified atom stereocenters. The average molecular weight is 377 g/mol. The molecule has 2 atom stereocenters. The monoisotopic (exact) mass is 376 g/mol. The maximum absolute atomic E-state index is 10.1. The van der Waals surface area contributed by atoms with E-state index >= 15 is 0 Å². The van der Waals surface area contributed by atoms with Gasteiger partial charge in [-0.05, 0) is 29.7 Å². The largest absolute Gasteiger partial charge is 0.504 e. The highest BCUT2D eigenvalue weighted by Gasteiger charge is 2.37. The third kappa shape index (κ3) is 2.76. The van der Waals surface area contributed by atoms with Crippen molar-refractivity contribution in [2.75, 3.05) is 21.3 Å². The van der Waals surface area contributed by atoms with Gasteiger partial charge in [0.15, 0.2) is 34.9 Å². The number of pyridine rings is 1. The van der Waals surface area contributed by atoms with Crippen LogP contribution >= 0.6 is 12.4 Å². The minimum atomic E-state index is 0. The van der Waals surface area contributed by atoms with Crippen molar-refractivity contribution < 1.29 is 23.9 Å². The van der Waals surface area contributed by atoms with Crippen LogP contribution in [0.25, 0.3) is 10.8 Å². The minimum absolute atomic E-state index is 0. The number of aryl methyl sites for hydroxylation is 1. The van der Waals surface area contributed by atoms with E-state index in [1.807, 2.05) is 18.2 Å². The summed E-state index contributed by atoms with van der Waals surface area (Å²) in [5.74, 6) is 2.75. The highest BCUT2D eigenvalue weighted by Crippen LogP contribution is 2.40. The molecule has 0 amide bonds. The Bertz CT molecular complexity index is 906. The van der Waals surface area contributed by atoms with Gasteiger partial charge in [-0.2, -0.15) is 0 Å². The summed E-state index contributed by atoms with van der Waals surface area (Å²) in [6.45, 7) is 0.896. The van der Waals surface area contributed by atoms with Crippen LogP contribution in [0.4, 0.5) is 0 Å². The molecule has 0 saturated heterocycles. The van der Waals surface area contributed by atoms with E-state index in [9.17, 15) is 5.11 Å². The van der Waals surface area contributed by atoms with Crippen LogP contribution in [0.3, 0.4) is 0 Å². The molecule has 0 saturated carbocycles. The molecule has 2 aromatic rings. The number of hydrogen-bond donors (Lipinski definition) is 1. The standard InChI is InChI=1S/C20H21NO4.ClH/c1-23-18-5-4-12-8-16-14-10-19(24-2)17(22)9-13(14)6-7-21(16)11-15(12)20(18)25-3;/h4-5,8-11,13-14H,6-7H2,1-3H3;1H/p+1. The van der Waals surface area contributed by atoms with Gasteiger partial charge >= 0.3 is 0 Å². The van der Waals surface area contributed by atoms with E-state index in [2.05, 4.69) is 22.9 Å². The van der Waals surface area contributed by atoms with Gasteiger partial charge in [-0.1, -0.05) is 0 Å². The fraction of sp³-hybridized carbons (Fsp3) is 0.350. The zero-order valence-corrected chi connectivity index (χ0v) is 15.9. The van der Waals surface area contributed by atoms with E-state index in [-0.39, 0.29) is 30.0 Å². The van der Waals surface area contributed by atoms with E-state index in [0.717, 1.165) is 35.2 Å². The van der Waals surface area contributed by atoms with Gasteiger partial charge in [0.2, 0.25) is 0 Å². The molecule has 26 heavy (non-hydrogen) atoms. The number of aromatic nitrogens is 1. The van der Waals surface area contributed by atoms with E-state index in [4.69, 9.17) is 14.2 Å². The Kier molecular flexibility index (Phi) is 5.01. The summed E-state index contributed by atoms with van der Waals surface area (Å²) < 4.78 is 18.6. The van der Waals surface area contributed by atoms with Crippen LogP contribution in [0.15, 0.2) is 48.1 Å². The van der Waals surface area contributed by atoms with Crippen molar-refractivity contribution in [3.8, 4) is 11.5 Å². The van der Waals surface area contributed by atoms with Crippen LogP contribution in [0.1, 0.15) is 18.0 Å². The van der Waals surface area contributed by atoms with E-state index in [1.165, 1.54) is 5.69 Å². The molecule has 2 aliphatic rings. The van der Waals surface area contributed by atoms with Gasteiger partial charge < -0.3 is 19.3 Å². The van der Waals surface area contributed by atoms with Crippen LogP contribution in [0.2, 0.25) is 0 Å². The number of rotatable bonds is 3. The van der Waals surface area contributed by atoms with Crippen molar-refractivity contribution in [1.82, 2.24) is 0 Å². The molecule has 5 nitrogen and oxygen atoms in total. The molecule has 0 fully saturated rings. The van der Waals surface area contributed by atoms with Gasteiger partial charge in [0.25, 0.3) is 0 Å². The number of aliphatic hydroxyl groups is 1. The second kappa shape index (κ2) is 7.08. The highest BCUT2D eigenvalue weighted by atomic mass is 35.5. The van der Waals surface area contributed by atoms with Crippen molar-refractivity contribution in [2.45, 2.75) is 18.9 Å². The summed E-state index contributed by atoms with van der Waals surface area (Å²) in [5, 5.41) is 12.2. The molecule has 1 aromatic carbocycles. The lowest BCUT2D eigenvalue weighted by atomic mass is 9.79. The molecule has 1 N–H and O–H groups in total. The Morgan fingerprint density at radius 2 is 1.88 bits per heavy atom. The molecule has 1 aliphatic heterocycles. The summed E-state index contributed by atoms with van der Waals surface area (Å²) in [4.78, 5) is 0. The summed E-state index contributed by atoms with van der Waals surface area (Å²) in [6.07, 6.45) is 7.06. The maximum atomic E-state index is 10.1. The van der Waals surface area contributed by atoms with Crippen LogP contribution in [-0.2, 0) is 11.3 Å². The van der Waals surface area contributed by atoms with Gasteiger partial charge in [0.05, 0.1) is 32.6 Å². The van der Waals surface area contributed by atoms with Crippen LogP contribution < -0.4 is 14.0 Å². The number of fused-ring (bicyclic) bond motifs is 4. The Labute approximate surface area is 158 Å². The third-order valence-corrected chi connectivity index (χ3v) is 5.22. The van der Waals surface area contributed by atoms with E-state index in [1.54, 1.807) is 21.3 Å².